The minimum Gasteiger partial charge on any atom is -0.756 e. The molecule has 0 fully saturated rings. The summed E-state index contributed by atoms with van der Waals surface area (Å²) in [7, 11) is 1.33. The first-order valence-electron chi connectivity index (χ1n) is 36.5. The molecule has 0 saturated carbocycles. The molecule has 0 aromatic carbocycles. The van der Waals surface area contributed by atoms with Crippen LogP contribution in [-0.2, 0) is 18.4 Å². The number of carbonyl (C=O) groups is 1. The van der Waals surface area contributed by atoms with Gasteiger partial charge in [0.25, 0.3) is 7.82 Å². The highest BCUT2D eigenvalue weighted by Gasteiger charge is 2.24. The molecule has 3 unspecified atom stereocenters. The number of phosphoric acid groups is 1. The van der Waals surface area contributed by atoms with Crippen molar-refractivity contribution in [3.8, 4) is 0 Å². The van der Waals surface area contributed by atoms with Gasteiger partial charge in [-0.1, -0.05) is 360 Å². The van der Waals surface area contributed by atoms with Crippen LogP contribution in [0.25, 0.3) is 0 Å². The standard InChI is InChI=1S/C72H145N2O6P/c1-6-8-10-12-14-16-18-20-22-24-26-27-28-29-30-31-32-33-34-35-36-37-38-39-40-41-42-43-44-45-46-47-48-50-52-54-56-58-60-62-64-66-72(76)73-70(69-80-81(77,78)79-68-67-74(3,4)5)71(75)65-63-61-59-57-55-53-51-49-25-23-21-19-17-15-13-11-9-7-2/h24,26,70-71,75H,6-23,25,27-69H2,1-5H3,(H-,73,76,77,78)/b26-24-. The lowest BCUT2D eigenvalue weighted by atomic mass is 10.0. The molecule has 0 saturated heterocycles. The number of nitrogens with zero attached hydrogens (tertiary/aromatic N) is 1. The second-order valence-corrected chi connectivity index (χ2v) is 28.1. The van der Waals surface area contributed by atoms with Crippen LogP contribution in [0.15, 0.2) is 12.2 Å². The zero-order valence-corrected chi connectivity index (χ0v) is 56.4. The predicted octanol–water partition coefficient (Wildman–Crippen LogP) is 22.7. The van der Waals surface area contributed by atoms with Crippen molar-refractivity contribution in [2.75, 3.05) is 40.9 Å². The second-order valence-electron chi connectivity index (χ2n) is 26.7. The largest absolute Gasteiger partial charge is 0.756 e. The van der Waals surface area contributed by atoms with Crippen molar-refractivity contribution < 1.29 is 32.9 Å². The number of amides is 1. The Morgan fingerprint density at radius 2 is 0.679 bits per heavy atom. The topological polar surface area (TPSA) is 108 Å². The van der Waals surface area contributed by atoms with E-state index in [1.54, 1.807) is 0 Å². The van der Waals surface area contributed by atoms with Crippen LogP contribution in [0.3, 0.4) is 0 Å². The number of unbranched alkanes of at least 4 members (excludes halogenated alkanes) is 54. The summed E-state index contributed by atoms with van der Waals surface area (Å²) in [6.07, 6.45) is 81.8. The fourth-order valence-electron chi connectivity index (χ4n) is 11.6. The Balaban J connectivity index is 3.83. The third kappa shape index (κ3) is 66.6. The molecular weight excluding hydrogens is 1020 g/mol. The van der Waals surface area contributed by atoms with Crippen molar-refractivity contribution in [3.63, 3.8) is 0 Å². The Kier molecular flexibility index (Phi) is 63.1. The van der Waals surface area contributed by atoms with E-state index >= 15 is 0 Å². The third-order valence-corrected chi connectivity index (χ3v) is 18.2. The van der Waals surface area contributed by atoms with Gasteiger partial charge in [-0.15, -0.1) is 0 Å². The zero-order valence-electron chi connectivity index (χ0n) is 55.5. The summed E-state index contributed by atoms with van der Waals surface area (Å²) >= 11 is 0. The van der Waals surface area contributed by atoms with Crippen LogP contribution in [0, 0.1) is 0 Å². The number of phosphoric ester groups is 1. The van der Waals surface area contributed by atoms with Gasteiger partial charge in [-0.25, -0.2) is 0 Å². The Morgan fingerprint density at radius 1 is 0.420 bits per heavy atom. The van der Waals surface area contributed by atoms with Crippen LogP contribution in [-0.4, -0.2) is 68.5 Å². The smallest absolute Gasteiger partial charge is 0.268 e. The number of allylic oxidation sites excluding steroid dienone is 2. The number of quaternary nitrogens is 1. The van der Waals surface area contributed by atoms with Gasteiger partial charge in [0.1, 0.15) is 13.2 Å². The molecule has 0 heterocycles. The zero-order chi connectivity index (χ0) is 59.1. The summed E-state index contributed by atoms with van der Waals surface area (Å²) < 4.78 is 23.5. The number of rotatable bonds is 69. The number of aliphatic hydroxyl groups excluding tert-OH is 1. The predicted molar refractivity (Wildman–Crippen MR) is 353 cm³/mol. The first-order chi connectivity index (χ1) is 39.5. The van der Waals surface area contributed by atoms with Gasteiger partial charge >= 0.3 is 0 Å². The van der Waals surface area contributed by atoms with Gasteiger partial charge in [0.05, 0.1) is 39.9 Å². The molecular formula is C72H145N2O6P. The minimum absolute atomic E-state index is 0.0162. The SMILES string of the molecule is CCCCCCCCCC/C=C\CCCCCCCCCCCCCCCCCCCCCCCCCCCCCCCC(=O)NC(COP(=O)([O-])OCC[N+](C)(C)C)C(O)CCCCCCCCCCCCCCCCCCCC. The molecule has 0 aliphatic heterocycles. The second kappa shape index (κ2) is 63.7. The molecule has 81 heavy (non-hydrogen) atoms. The Hall–Kier alpha value is -0.760. The highest BCUT2D eigenvalue weighted by atomic mass is 31.2. The number of hydrogen-bond donors (Lipinski definition) is 2. The van der Waals surface area contributed by atoms with Crippen molar-refractivity contribution in [2.45, 2.75) is 405 Å². The number of hydrogen-bond acceptors (Lipinski definition) is 6. The van der Waals surface area contributed by atoms with Gasteiger partial charge in [-0.2, -0.15) is 0 Å². The Morgan fingerprint density at radius 3 is 0.963 bits per heavy atom. The first kappa shape index (κ1) is 80.2. The van der Waals surface area contributed by atoms with Crippen LogP contribution in [0.1, 0.15) is 393 Å². The summed E-state index contributed by atoms with van der Waals surface area (Å²) in [5.74, 6) is -0.155. The summed E-state index contributed by atoms with van der Waals surface area (Å²) in [6.45, 7) is 4.78. The molecule has 0 bridgehead atoms. The molecule has 0 spiro atoms. The van der Waals surface area contributed by atoms with Crippen molar-refractivity contribution in [1.29, 1.82) is 0 Å². The molecule has 0 rings (SSSR count). The lowest BCUT2D eigenvalue weighted by molar-refractivity contribution is -0.870. The average Bonchev–Trinajstić information content (AvgIpc) is 3.43. The number of aliphatic hydroxyl groups is 1. The summed E-state index contributed by atoms with van der Waals surface area (Å²) in [4.78, 5) is 25.6. The van der Waals surface area contributed by atoms with Crippen molar-refractivity contribution >= 4 is 13.7 Å². The molecule has 0 aromatic heterocycles. The van der Waals surface area contributed by atoms with E-state index in [1.165, 1.54) is 327 Å². The van der Waals surface area contributed by atoms with Crippen LogP contribution >= 0.6 is 7.82 Å². The maximum Gasteiger partial charge on any atom is 0.268 e. The maximum absolute atomic E-state index is 13.0. The Bertz CT molecular complexity index is 1320. The van der Waals surface area contributed by atoms with Gasteiger partial charge in [-0.05, 0) is 38.5 Å². The average molecular weight is 1170 g/mol. The fourth-order valence-corrected chi connectivity index (χ4v) is 12.3. The van der Waals surface area contributed by atoms with E-state index < -0.39 is 20.0 Å². The van der Waals surface area contributed by atoms with Crippen LogP contribution in [0.5, 0.6) is 0 Å². The lowest BCUT2D eigenvalue weighted by Gasteiger charge is -2.30. The molecule has 9 heteroatoms. The van der Waals surface area contributed by atoms with Gasteiger partial charge < -0.3 is 28.8 Å². The highest BCUT2D eigenvalue weighted by Crippen LogP contribution is 2.38. The van der Waals surface area contributed by atoms with E-state index in [0.29, 0.717) is 23.9 Å². The van der Waals surface area contributed by atoms with Crippen LogP contribution in [0.4, 0.5) is 0 Å². The van der Waals surface area contributed by atoms with E-state index in [9.17, 15) is 19.4 Å². The van der Waals surface area contributed by atoms with Crippen molar-refractivity contribution in [3.05, 3.63) is 12.2 Å². The number of carbonyl (C=O) groups excluding carboxylic acids is 1. The molecule has 0 aromatic rings. The lowest BCUT2D eigenvalue weighted by Crippen LogP contribution is -2.46. The monoisotopic (exact) mass is 1170 g/mol. The summed E-state index contributed by atoms with van der Waals surface area (Å²) in [5, 5.41) is 14.1. The molecule has 2 N–H and O–H groups in total. The van der Waals surface area contributed by atoms with Crippen LogP contribution in [0.2, 0.25) is 0 Å². The van der Waals surface area contributed by atoms with E-state index in [1.807, 2.05) is 21.1 Å². The fraction of sp³-hybridized carbons (Fsp3) is 0.958. The summed E-state index contributed by atoms with van der Waals surface area (Å²) in [5.41, 5.74) is 0. The molecule has 0 radical (unpaired) electrons. The van der Waals surface area contributed by atoms with Gasteiger partial charge in [0.15, 0.2) is 0 Å². The van der Waals surface area contributed by atoms with Gasteiger partial charge in [0, 0.05) is 6.42 Å². The quantitative estimate of drug-likeness (QED) is 0.0272. The minimum atomic E-state index is -4.57. The van der Waals surface area contributed by atoms with E-state index in [4.69, 9.17) is 9.05 Å². The Labute approximate surface area is 507 Å². The van der Waals surface area contributed by atoms with E-state index in [0.717, 1.165) is 38.5 Å². The normalized spacial score (nSPS) is 13.6. The van der Waals surface area contributed by atoms with Gasteiger partial charge in [-0.3, -0.25) is 9.36 Å². The number of likely N-dealkylation sites (N-methyl/N-ethyl adjacent to an activating group) is 1. The van der Waals surface area contributed by atoms with Crippen LogP contribution < -0.4 is 10.2 Å². The molecule has 0 aliphatic rings. The van der Waals surface area contributed by atoms with E-state index in [2.05, 4.69) is 31.3 Å². The summed E-state index contributed by atoms with van der Waals surface area (Å²) in [6, 6.07) is -0.797. The molecule has 3 atom stereocenters. The third-order valence-electron chi connectivity index (χ3n) is 17.3. The highest BCUT2D eigenvalue weighted by molar-refractivity contribution is 7.45. The van der Waals surface area contributed by atoms with Crippen molar-refractivity contribution in [2.24, 2.45) is 0 Å². The molecule has 1 amide bonds. The first-order valence-corrected chi connectivity index (χ1v) is 38.0. The number of nitrogens with one attached hydrogen (secondary N) is 1. The van der Waals surface area contributed by atoms with Crippen molar-refractivity contribution in [1.82, 2.24) is 5.32 Å². The molecule has 484 valence electrons. The molecule has 8 nitrogen and oxygen atoms in total. The maximum atomic E-state index is 13.0. The molecule has 0 aliphatic carbocycles. The van der Waals surface area contributed by atoms with E-state index in [-0.39, 0.29) is 19.1 Å². The van der Waals surface area contributed by atoms with Gasteiger partial charge in [0.2, 0.25) is 5.91 Å².